The van der Waals surface area contributed by atoms with E-state index in [-0.39, 0.29) is 12.2 Å². The summed E-state index contributed by atoms with van der Waals surface area (Å²) in [6.07, 6.45) is 2.70. The Kier molecular flexibility index (Phi) is 5.13. The largest absolute Gasteiger partial charge is 0.463 e. The van der Waals surface area contributed by atoms with Crippen LogP contribution in [0.3, 0.4) is 0 Å². The van der Waals surface area contributed by atoms with Crippen LogP contribution in [-0.4, -0.2) is 19.1 Å². The Bertz CT molecular complexity index is 419. The van der Waals surface area contributed by atoms with Crippen molar-refractivity contribution in [2.75, 3.05) is 18.5 Å². The third-order valence-corrected chi connectivity index (χ3v) is 1.90. The standard InChI is InChI=1S/C12H13F2NO2/c1-2-17-11(16)7-4-8-15-10-6-3-5-9(13)12(10)14/h3-7,15H,2,8H2,1H3/b7-4+. The molecule has 3 nitrogen and oxygen atoms in total. The number of rotatable bonds is 5. The van der Waals surface area contributed by atoms with Crippen molar-refractivity contribution in [3.8, 4) is 0 Å². The van der Waals surface area contributed by atoms with Crippen LogP contribution in [0.4, 0.5) is 14.5 Å². The van der Waals surface area contributed by atoms with Gasteiger partial charge in [0, 0.05) is 12.6 Å². The molecule has 0 amide bonds. The van der Waals surface area contributed by atoms with Crippen molar-refractivity contribution in [2.45, 2.75) is 6.92 Å². The minimum Gasteiger partial charge on any atom is -0.463 e. The lowest BCUT2D eigenvalue weighted by atomic mass is 10.3. The number of halogens is 2. The number of carbonyl (C=O) groups is 1. The molecule has 0 radical (unpaired) electrons. The van der Waals surface area contributed by atoms with Crippen LogP contribution in [0.5, 0.6) is 0 Å². The van der Waals surface area contributed by atoms with Gasteiger partial charge in [-0.15, -0.1) is 0 Å². The second-order valence-corrected chi connectivity index (χ2v) is 3.14. The minimum absolute atomic E-state index is 0.0542. The molecule has 0 spiro atoms. The maximum Gasteiger partial charge on any atom is 0.330 e. The van der Waals surface area contributed by atoms with E-state index in [4.69, 9.17) is 0 Å². The summed E-state index contributed by atoms with van der Waals surface area (Å²) in [5.41, 5.74) is 0.0542. The predicted molar refractivity (Wildman–Crippen MR) is 60.6 cm³/mol. The summed E-state index contributed by atoms with van der Waals surface area (Å²) in [4.78, 5) is 10.9. The molecular weight excluding hydrogens is 228 g/mol. The molecule has 0 aliphatic rings. The lowest BCUT2D eigenvalue weighted by Gasteiger charge is -2.04. The van der Waals surface area contributed by atoms with E-state index in [2.05, 4.69) is 10.1 Å². The number of nitrogens with one attached hydrogen (secondary N) is 1. The molecule has 17 heavy (non-hydrogen) atoms. The number of hydrogen-bond acceptors (Lipinski definition) is 3. The maximum absolute atomic E-state index is 13.2. The second-order valence-electron chi connectivity index (χ2n) is 3.14. The van der Waals surface area contributed by atoms with E-state index in [0.29, 0.717) is 6.61 Å². The molecule has 0 heterocycles. The van der Waals surface area contributed by atoms with E-state index in [9.17, 15) is 13.6 Å². The molecule has 1 rings (SSSR count). The molecule has 1 aromatic rings. The van der Waals surface area contributed by atoms with Crippen molar-refractivity contribution in [3.63, 3.8) is 0 Å². The first-order valence-corrected chi connectivity index (χ1v) is 5.16. The Balaban J connectivity index is 2.46. The van der Waals surface area contributed by atoms with Crippen LogP contribution in [0, 0.1) is 11.6 Å². The molecule has 0 aliphatic heterocycles. The fourth-order valence-corrected chi connectivity index (χ4v) is 1.15. The average molecular weight is 241 g/mol. The maximum atomic E-state index is 13.2. The van der Waals surface area contributed by atoms with Gasteiger partial charge in [0.1, 0.15) is 0 Å². The summed E-state index contributed by atoms with van der Waals surface area (Å²) in [6.45, 7) is 2.21. The number of carbonyl (C=O) groups excluding carboxylic acids is 1. The van der Waals surface area contributed by atoms with Crippen molar-refractivity contribution in [2.24, 2.45) is 0 Å². The fourth-order valence-electron chi connectivity index (χ4n) is 1.15. The van der Waals surface area contributed by atoms with Crippen LogP contribution in [-0.2, 0) is 9.53 Å². The zero-order valence-electron chi connectivity index (χ0n) is 9.37. The zero-order valence-corrected chi connectivity index (χ0v) is 9.37. The topological polar surface area (TPSA) is 38.3 Å². The Labute approximate surface area is 98.1 Å². The number of anilines is 1. The Hall–Kier alpha value is -1.91. The van der Waals surface area contributed by atoms with E-state index in [1.54, 1.807) is 6.92 Å². The van der Waals surface area contributed by atoms with Crippen molar-refractivity contribution in [1.29, 1.82) is 0 Å². The van der Waals surface area contributed by atoms with Gasteiger partial charge in [-0.1, -0.05) is 12.1 Å². The minimum atomic E-state index is -0.933. The van der Waals surface area contributed by atoms with Gasteiger partial charge in [-0.25, -0.2) is 13.6 Å². The third kappa shape index (κ3) is 4.22. The van der Waals surface area contributed by atoms with E-state index in [0.717, 1.165) is 6.07 Å². The van der Waals surface area contributed by atoms with Gasteiger partial charge in [-0.2, -0.15) is 0 Å². The van der Waals surface area contributed by atoms with Gasteiger partial charge in [-0.3, -0.25) is 0 Å². The molecule has 0 atom stereocenters. The summed E-state index contributed by atoms with van der Waals surface area (Å²) in [7, 11) is 0. The third-order valence-electron chi connectivity index (χ3n) is 1.90. The van der Waals surface area contributed by atoms with Crippen molar-refractivity contribution >= 4 is 11.7 Å². The highest BCUT2D eigenvalue weighted by Gasteiger charge is 2.05. The summed E-state index contributed by atoms with van der Waals surface area (Å²) in [6, 6.07) is 3.85. The van der Waals surface area contributed by atoms with Crippen molar-refractivity contribution in [1.82, 2.24) is 0 Å². The average Bonchev–Trinajstić information content (AvgIpc) is 2.30. The van der Waals surface area contributed by atoms with Gasteiger partial charge in [0.05, 0.1) is 12.3 Å². The second kappa shape index (κ2) is 6.62. The van der Waals surface area contributed by atoms with Crippen LogP contribution in [0.25, 0.3) is 0 Å². The van der Waals surface area contributed by atoms with Gasteiger partial charge in [0.2, 0.25) is 0 Å². The summed E-state index contributed by atoms with van der Waals surface area (Å²) < 4.78 is 30.6. The van der Waals surface area contributed by atoms with E-state index in [1.165, 1.54) is 24.3 Å². The molecule has 0 unspecified atom stereocenters. The first-order valence-electron chi connectivity index (χ1n) is 5.16. The summed E-state index contributed by atoms with van der Waals surface area (Å²) in [5.74, 6) is -2.31. The fraction of sp³-hybridized carbons (Fsp3) is 0.250. The van der Waals surface area contributed by atoms with Crippen LogP contribution in [0.15, 0.2) is 30.4 Å². The Morgan fingerprint density at radius 3 is 2.94 bits per heavy atom. The zero-order chi connectivity index (χ0) is 12.7. The smallest absolute Gasteiger partial charge is 0.330 e. The quantitative estimate of drug-likeness (QED) is 0.635. The molecule has 0 aromatic heterocycles. The molecule has 0 bridgehead atoms. The highest BCUT2D eigenvalue weighted by molar-refractivity contribution is 5.81. The van der Waals surface area contributed by atoms with Crippen molar-refractivity contribution in [3.05, 3.63) is 42.0 Å². The number of benzene rings is 1. The van der Waals surface area contributed by atoms with Crippen LogP contribution in [0.2, 0.25) is 0 Å². The lowest BCUT2D eigenvalue weighted by Crippen LogP contribution is -2.04. The van der Waals surface area contributed by atoms with Gasteiger partial charge >= 0.3 is 5.97 Å². The summed E-state index contributed by atoms with van der Waals surface area (Å²) in [5, 5.41) is 2.64. The first-order chi connectivity index (χ1) is 8.15. The Morgan fingerprint density at radius 1 is 1.47 bits per heavy atom. The normalized spacial score (nSPS) is 10.5. The van der Waals surface area contributed by atoms with Gasteiger partial charge in [-0.05, 0) is 19.1 Å². The molecule has 92 valence electrons. The molecule has 0 saturated heterocycles. The molecule has 1 aromatic carbocycles. The van der Waals surface area contributed by atoms with Gasteiger partial charge in [0.15, 0.2) is 11.6 Å². The SMILES string of the molecule is CCOC(=O)/C=C/CNc1cccc(F)c1F. The molecule has 5 heteroatoms. The molecule has 0 saturated carbocycles. The number of ether oxygens (including phenoxy) is 1. The molecule has 1 N–H and O–H groups in total. The van der Waals surface area contributed by atoms with Crippen molar-refractivity contribution < 1.29 is 18.3 Å². The van der Waals surface area contributed by atoms with Crippen LogP contribution >= 0.6 is 0 Å². The first kappa shape index (κ1) is 13.2. The van der Waals surface area contributed by atoms with Crippen LogP contribution < -0.4 is 5.32 Å². The van der Waals surface area contributed by atoms with E-state index < -0.39 is 17.6 Å². The number of esters is 1. The predicted octanol–water partition coefficient (Wildman–Crippen LogP) is 2.50. The number of hydrogen-bond donors (Lipinski definition) is 1. The monoisotopic (exact) mass is 241 g/mol. The highest BCUT2D eigenvalue weighted by Crippen LogP contribution is 2.15. The molecule has 0 aliphatic carbocycles. The van der Waals surface area contributed by atoms with E-state index >= 15 is 0 Å². The highest BCUT2D eigenvalue weighted by atomic mass is 19.2. The lowest BCUT2D eigenvalue weighted by molar-refractivity contribution is -0.137. The van der Waals surface area contributed by atoms with E-state index in [1.807, 2.05) is 0 Å². The summed E-state index contributed by atoms with van der Waals surface area (Å²) >= 11 is 0. The Morgan fingerprint density at radius 2 is 2.24 bits per heavy atom. The van der Waals surface area contributed by atoms with Gasteiger partial charge < -0.3 is 10.1 Å². The molecular formula is C12H13F2NO2. The van der Waals surface area contributed by atoms with Gasteiger partial charge in [0.25, 0.3) is 0 Å². The molecule has 0 fully saturated rings. The van der Waals surface area contributed by atoms with Crippen LogP contribution in [0.1, 0.15) is 6.92 Å².